The molecule has 0 aromatic carbocycles. The van der Waals surface area contributed by atoms with Gasteiger partial charge < -0.3 is 10.2 Å². The van der Waals surface area contributed by atoms with E-state index in [1.165, 1.54) is 38.5 Å². The summed E-state index contributed by atoms with van der Waals surface area (Å²) in [5, 5.41) is 3.18. The molecule has 4 bridgehead atoms. The summed E-state index contributed by atoms with van der Waals surface area (Å²) in [6.07, 6.45) is 9.19. The minimum absolute atomic E-state index is 0. The van der Waals surface area contributed by atoms with Crippen LogP contribution in [0.3, 0.4) is 0 Å². The number of nitrogens with one attached hydrogen (secondary N) is 1. The molecule has 4 aliphatic rings. The van der Waals surface area contributed by atoms with Crippen molar-refractivity contribution in [2.45, 2.75) is 58.8 Å². The van der Waals surface area contributed by atoms with Crippen LogP contribution in [0.5, 0.6) is 0 Å². The smallest absolute Gasteiger partial charge is 0.220 e. The molecule has 1 amide bonds. The van der Waals surface area contributed by atoms with Crippen LogP contribution in [0.25, 0.3) is 0 Å². The minimum Gasteiger partial charge on any atom is -0.355 e. The van der Waals surface area contributed by atoms with Gasteiger partial charge in [0.1, 0.15) is 0 Å². The normalized spacial score (nSPS) is 35.5. The zero-order chi connectivity index (χ0) is 14.9. The highest BCUT2D eigenvalue weighted by Crippen LogP contribution is 2.61. The van der Waals surface area contributed by atoms with Crippen molar-refractivity contribution in [3.05, 3.63) is 0 Å². The third-order valence-electron chi connectivity index (χ3n) is 6.35. The molecule has 0 atom stereocenters. The Kier molecular flexibility index (Phi) is 6.18. The number of halogens is 1. The minimum atomic E-state index is 0. The predicted octanol–water partition coefficient (Wildman–Crippen LogP) is 3.47. The van der Waals surface area contributed by atoms with Gasteiger partial charge in [0, 0.05) is 19.5 Å². The molecule has 3 nitrogen and oxygen atoms in total. The molecule has 4 fully saturated rings. The van der Waals surface area contributed by atoms with Gasteiger partial charge >= 0.3 is 0 Å². The summed E-state index contributed by atoms with van der Waals surface area (Å²) in [6.45, 7) is 8.30. The molecule has 0 heterocycles. The average molecular weight is 329 g/mol. The first-order valence-electron chi connectivity index (χ1n) is 9.11. The van der Waals surface area contributed by atoms with E-state index in [0.717, 1.165) is 50.4 Å². The van der Waals surface area contributed by atoms with Crippen LogP contribution in [-0.4, -0.2) is 37.0 Å². The fraction of sp³-hybridized carbons (Fsp3) is 0.944. The average Bonchev–Trinajstić information content (AvgIpc) is 2.41. The number of amides is 1. The number of nitrogens with zero attached hydrogens (tertiary/aromatic N) is 1. The molecule has 4 heteroatoms. The van der Waals surface area contributed by atoms with Crippen LogP contribution in [0.2, 0.25) is 0 Å². The van der Waals surface area contributed by atoms with Gasteiger partial charge in [-0.25, -0.2) is 0 Å². The molecule has 0 radical (unpaired) electrons. The maximum atomic E-state index is 12.4. The lowest BCUT2D eigenvalue weighted by Crippen LogP contribution is -2.48. The first-order chi connectivity index (χ1) is 10.1. The Morgan fingerprint density at radius 2 is 1.55 bits per heavy atom. The Labute approximate surface area is 142 Å². The van der Waals surface area contributed by atoms with Gasteiger partial charge in [0.05, 0.1) is 0 Å². The first-order valence-corrected chi connectivity index (χ1v) is 9.11. The lowest BCUT2D eigenvalue weighted by molar-refractivity contribution is -0.129. The predicted molar refractivity (Wildman–Crippen MR) is 93.3 cm³/mol. The third-order valence-corrected chi connectivity index (χ3v) is 6.35. The molecule has 4 saturated carbocycles. The van der Waals surface area contributed by atoms with Crippen molar-refractivity contribution < 1.29 is 4.79 Å². The lowest BCUT2D eigenvalue weighted by Gasteiger charge is -2.56. The van der Waals surface area contributed by atoms with Crippen molar-refractivity contribution in [3.8, 4) is 0 Å². The highest BCUT2D eigenvalue weighted by Gasteiger charge is 2.51. The van der Waals surface area contributed by atoms with E-state index < -0.39 is 0 Å². The summed E-state index contributed by atoms with van der Waals surface area (Å²) < 4.78 is 0. The third kappa shape index (κ3) is 3.97. The molecule has 0 aromatic rings. The molecular formula is C18H33ClN2O. The number of hydrogen-bond acceptors (Lipinski definition) is 2. The molecule has 0 aliphatic heterocycles. The maximum Gasteiger partial charge on any atom is 0.220 e. The fourth-order valence-corrected chi connectivity index (χ4v) is 5.80. The second-order valence-electron chi connectivity index (χ2n) is 7.97. The van der Waals surface area contributed by atoms with E-state index in [1.807, 2.05) is 0 Å². The molecule has 22 heavy (non-hydrogen) atoms. The molecule has 0 saturated heterocycles. The molecule has 0 aromatic heterocycles. The van der Waals surface area contributed by atoms with E-state index in [-0.39, 0.29) is 12.4 Å². The monoisotopic (exact) mass is 328 g/mol. The molecule has 0 unspecified atom stereocenters. The topological polar surface area (TPSA) is 32.3 Å². The molecule has 0 spiro atoms. The highest BCUT2D eigenvalue weighted by molar-refractivity contribution is 5.85. The van der Waals surface area contributed by atoms with Crippen molar-refractivity contribution in [3.63, 3.8) is 0 Å². The van der Waals surface area contributed by atoms with Gasteiger partial charge in [-0.1, -0.05) is 13.8 Å². The SMILES string of the molecule is CCN(CC)CCNC(=O)CC12CC3CC(CC(C3)C1)C2.Cl. The summed E-state index contributed by atoms with van der Waals surface area (Å²) in [5.74, 6) is 3.14. The van der Waals surface area contributed by atoms with Gasteiger partial charge in [0.25, 0.3) is 0 Å². The Bertz CT molecular complexity index is 346. The largest absolute Gasteiger partial charge is 0.355 e. The molecular weight excluding hydrogens is 296 g/mol. The van der Waals surface area contributed by atoms with E-state index in [4.69, 9.17) is 0 Å². The van der Waals surface area contributed by atoms with E-state index in [1.54, 1.807) is 0 Å². The summed E-state index contributed by atoms with van der Waals surface area (Å²) in [7, 11) is 0. The second-order valence-corrected chi connectivity index (χ2v) is 7.97. The molecule has 4 aliphatic carbocycles. The Morgan fingerprint density at radius 1 is 1.05 bits per heavy atom. The van der Waals surface area contributed by atoms with Gasteiger partial charge in [-0.15, -0.1) is 12.4 Å². The van der Waals surface area contributed by atoms with Crippen LogP contribution >= 0.6 is 12.4 Å². The zero-order valence-corrected chi connectivity index (χ0v) is 15.1. The van der Waals surface area contributed by atoms with Crippen LogP contribution in [-0.2, 0) is 4.79 Å². The van der Waals surface area contributed by atoms with Crippen LogP contribution in [0.15, 0.2) is 0 Å². The Morgan fingerprint density at radius 3 is 2.00 bits per heavy atom. The summed E-state index contributed by atoms with van der Waals surface area (Å²) in [5.41, 5.74) is 0.383. The molecule has 4 rings (SSSR count). The van der Waals surface area contributed by atoms with Gasteiger partial charge in [-0.3, -0.25) is 4.79 Å². The van der Waals surface area contributed by atoms with E-state index in [9.17, 15) is 4.79 Å². The van der Waals surface area contributed by atoms with E-state index >= 15 is 0 Å². The van der Waals surface area contributed by atoms with Crippen molar-refractivity contribution >= 4 is 18.3 Å². The van der Waals surface area contributed by atoms with Crippen molar-refractivity contribution in [2.75, 3.05) is 26.2 Å². The number of carbonyl (C=O) groups excluding carboxylic acids is 1. The number of carbonyl (C=O) groups is 1. The van der Waals surface area contributed by atoms with Gasteiger partial charge in [0.15, 0.2) is 0 Å². The standard InChI is InChI=1S/C18H32N2O.ClH/c1-3-20(4-2)6-5-19-17(21)13-18-10-14-7-15(11-18)9-16(8-14)12-18;/h14-16H,3-13H2,1-2H3,(H,19,21);1H. The van der Waals surface area contributed by atoms with Crippen molar-refractivity contribution in [2.24, 2.45) is 23.2 Å². The van der Waals surface area contributed by atoms with Crippen molar-refractivity contribution in [1.82, 2.24) is 10.2 Å². The zero-order valence-electron chi connectivity index (χ0n) is 14.3. The number of likely N-dealkylation sites (N-methyl/N-ethyl adjacent to an activating group) is 1. The Hall–Kier alpha value is -0.280. The first kappa shape index (κ1) is 18.1. The highest BCUT2D eigenvalue weighted by atomic mass is 35.5. The maximum absolute atomic E-state index is 12.4. The van der Waals surface area contributed by atoms with E-state index in [0.29, 0.717) is 11.3 Å². The fourth-order valence-electron chi connectivity index (χ4n) is 5.80. The summed E-state index contributed by atoms with van der Waals surface area (Å²) in [6, 6.07) is 0. The number of rotatable bonds is 7. The summed E-state index contributed by atoms with van der Waals surface area (Å²) in [4.78, 5) is 14.7. The van der Waals surface area contributed by atoms with Crippen LogP contribution < -0.4 is 5.32 Å². The molecule has 1 N–H and O–H groups in total. The Balaban J connectivity index is 0.00000176. The quantitative estimate of drug-likeness (QED) is 0.776. The number of hydrogen-bond donors (Lipinski definition) is 1. The van der Waals surface area contributed by atoms with E-state index in [2.05, 4.69) is 24.1 Å². The van der Waals surface area contributed by atoms with Crippen LogP contribution in [0.1, 0.15) is 58.8 Å². The molecule has 128 valence electrons. The van der Waals surface area contributed by atoms with Crippen molar-refractivity contribution in [1.29, 1.82) is 0 Å². The second kappa shape index (κ2) is 7.53. The van der Waals surface area contributed by atoms with Gasteiger partial charge in [0.2, 0.25) is 5.91 Å². The van der Waals surface area contributed by atoms with Crippen LogP contribution in [0, 0.1) is 23.2 Å². The lowest BCUT2D eigenvalue weighted by atomic mass is 9.49. The van der Waals surface area contributed by atoms with Crippen LogP contribution in [0.4, 0.5) is 0 Å². The summed E-state index contributed by atoms with van der Waals surface area (Å²) >= 11 is 0. The van der Waals surface area contributed by atoms with Gasteiger partial charge in [-0.2, -0.15) is 0 Å². The van der Waals surface area contributed by atoms with Gasteiger partial charge in [-0.05, 0) is 74.8 Å².